The number of rotatable bonds is 8. The fourth-order valence-corrected chi connectivity index (χ4v) is 5.77. The Labute approximate surface area is 259 Å². The van der Waals surface area contributed by atoms with Crippen LogP contribution in [0.1, 0.15) is 84.6 Å². The second-order valence-corrected chi connectivity index (χ2v) is 10.7. The number of carboxylic acid groups (broad SMARTS) is 2. The van der Waals surface area contributed by atoms with E-state index in [0.29, 0.717) is 24.2 Å². The van der Waals surface area contributed by atoms with Crippen molar-refractivity contribution in [3.05, 3.63) is 82.5 Å². The molecule has 0 radical (unpaired) electrons. The summed E-state index contributed by atoms with van der Waals surface area (Å²) in [6.07, 6.45) is 4.20. The molecule has 0 saturated heterocycles. The number of H-pyrrole nitrogens is 2. The van der Waals surface area contributed by atoms with Gasteiger partial charge in [0, 0.05) is 62.5 Å². The van der Waals surface area contributed by atoms with E-state index in [1.165, 1.54) is 0 Å². The van der Waals surface area contributed by atoms with Crippen LogP contribution in [0.15, 0.2) is 37.4 Å². The molecule has 0 aliphatic carbocycles. The van der Waals surface area contributed by atoms with Crippen molar-refractivity contribution in [2.45, 2.75) is 53.4 Å². The Morgan fingerprint density at radius 3 is 1.49 bits per heavy atom. The second-order valence-electron chi connectivity index (χ2n) is 10.7. The molecule has 5 heterocycles. The number of carbonyl (C=O) groups is 2. The van der Waals surface area contributed by atoms with Crippen molar-refractivity contribution in [3.63, 3.8) is 0 Å². The summed E-state index contributed by atoms with van der Waals surface area (Å²) in [7, 11) is 0. The fraction of sp³-hybridized carbons (Fsp3) is 0.235. The minimum absolute atomic E-state index is 0. The van der Waals surface area contributed by atoms with Crippen molar-refractivity contribution in [2.24, 2.45) is 0 Å². The van der Waals surface area contributed by atoms with Crippen LogP contribution in [0, 0.1) is 13.8 Å². The number of carboxylic acids is 2. The molecule has 4 N–H and O–H groups in total. The van der Waals surface area contributed by atoms with Crippen LogP contribution < -0.4 is 0 Å². The Hall–Kier alpha value is -4.49. The number of hydrogen-bond donors (Lipinski definition) is 4. The Morgan fingerprint density at radius 1 is 0.674 bits per heavy atom. The summed E-state index contributed by atoms with van der Waals surface area (Å²) in [5.41, 5.74) is 13.7. The number of aliphatic carboxylic acids is 2. The molecule has 224 valence electrons. The average Bonchev–Trinajstić information content (AvgIpc) is 3.59. The maximum absolute atomic E-state index is 11.5. The molecule has 8 nitrogen and oxygen atoms in total. The fourth-order valence-electron chi connectivity index (χ4n) is 5.77. The first-order chi connectivity index (χ1) is 20.0. The van der Waals surface area contributed by atoms with Crippen LogP contribution in [-0.4, -0.2) is 42.1 Å². The zero-order valence-electron chi connectivity index (χ0n) is 24.6. The molecule has 2 aliphatic rings. The third kappa shape index (κ3) is 5.90. The molecule has 3 aromatic rings. The van der Waals surface area contributed by atoms with Gasteiger partial charge in [0.05, 0.1) is 22.8 Å². The second kappa shape index (κ2) is 12.4. The Kier molecular flexibility index (Phi) is 9.07. The number of aryl methyl sites for hydroxylation is 2. The van der Waals surface area contributed by atoms with Gasteiger partial charge >= 0.3 is 11.9 Å². The number of aromatic nitrogens is 4. The summed E-state index contributed by atoms with van der Waals surface area (Å²) in [5.74, 6) is -1.78. The molecule has 0 spiro atoms. The molecule has 0 fully saturated rings. The van der Waals surface area contributed by atoms with Gasteiger partial charge in [0.15, 0.2) is 0 Å². The summed E-state index contributed by atoms with van der Waals surface area (Å²) in [5, 5.41) is 18.9. The zero-order chi connectivity index (χ0) is 30.3. The van der Waals surface area contributed by atoms with Crippen LogP contribution >= 0.6 is 0 Å². The molecule has 3 aromatic heterocycles. The molecule has 43 heavy (non-hydrogen) atoms. The predicted octanol–water partition coefficient (Wildman–Crippen LogP) is 7.81. The molecule has 2 aliphatic heterocycles. The quantitative estimate of drug-likeness (QED) is 0.190. The minimum atomic E-state index is -0.889. The number of fused-ring (bicyclic) bond motifs is 8. The number of allylic oxidation sites excluding steroid dienone is 4. The van der Waals surface area contributed by atoms with E-state index in [9.17, 15) is 19.8 Å². The maximum Gasteiger partial charge on any atom is 0.303 e. The Bertz CT molecular complexity index is 1920. The van der Waals surface area contributed by atoms with Gasteiger partial charge in [-0.05, 0) is 98.2 Å². The van der Waals surface area contributed by atoms with Gasteiger partial charge in [0.25, 0.3) is 0 Å². The Morgan fingerprint density at radius 2 is 1.07 bits per heavy atom. The van der Waals surface area contributed by atoms with E-state index >= 15 is 0 Å². The normalized spacial score (nSPS) is 12.7. The first kappa shape index (κ1) is 31.4. The number of nitrogens with zero attached hydrogens (tertiary/aromatic N) is 2. The van der Waals surface area contributed by atoms with Gasteiger partial charge in [0.2, 0.25) is 0 Å². The first-order valence-electron chi connectivity index (χ1n) is 13.9. The van der Waals surface area contributed by atoms with Crippen LogP contribution in [0.5, 0.6) is 0 Å². The van der Waals surface area contributed by atoms with Gasteiger partial charge in [0.1, 0.15) is 0 Å². The van der Waals surface area contributed by atoms with Crippen LogP contribution in [-0.2, 0) is 26.1 Å². The topological polar surface area (TPSA) is 132 Å². The predicted molar refractivity (Wildman–Crippen MR) is 169 cm³/mol. The van der Waals surface area contributed by atoms with Gasteiger partial charge in [-0.25, -0.2) is 9.97 Å². The van der Waals surface area contributed by atoms with Gasteiger partial charge in [-0.2, -0.15) is 0 Å². The van der Waals surface area contributed by atoms with Crippen LogP contribution in [0.3, 0.4) is 0 Å². The Balaban J connectivity index is 0.00000423. The summed E-state index contributed by atoms with van der Waals surface area (Å²) < 4.78 is 0. The van der Waals surface area contributed by atoms with E-state index in [2.05, 4.69) is 29.2 Å². The summed E-state index contributed by atoms with van der Waals surface area (Å²) in [6, 6.07) is 7.88. The van der Waals surface area contributed by atoms with Crippen molar-refractivity contribution < 1.29 is 36.3 Å². The van der Waals surface area contributed by atoms with Crippen molar-refractivity contribution in [2.75, 3.05) is 0 Å². The van der Waals surface area contributed by atoms with E-state index in [-0.39, 0.29) is 29.3 Å². The average molecular weight is 621 g/mol. The van der Waals surface area contributed by atoms with Gasteiger partial charge in [-0.1, -0.05) is 25.3 Å². The largest absolute Gasteiger partial charge is 0.481 e. The monoisotopic (exact) mass is 620 g/mol. The van der Waals surface area contributed by atoms with Gasteiger partial charge in [-0.3, -0.25) is 9.59 Å². The third-order valence-corrected chi connectivity index (χ3v) is 8.22. The molecule has 0 amide bonds. The van der Waals surface area contributed by atoms with E-state index in [4.69, 9.17) is 9.97 Å². The van der Waals surface area contributed by atoms with Crippen LogP contribution in [0.25, 0.3) is 56.5 Å². The molecule has 9 heteroatoms. The van der Waals surface area contributed by atoms with E-state index < -0.39 is 11.9 Å². The van der Waals surface area contributed by atoms with E-state index in [1.54, 1.807) is 0 Å². The van der Waals surface area contributed by atoms with Crippen molar-refractivity contribution in [1.29, 1.82) is 0 Å². The molecular weight excluding hydrogens is 587 g/mol. The van der Waals surface area contributed by atoms with Gasteiger partial charge in [-0.15, -0.1) is 0 Å². The first-order valence-corrected chi connectivity index (χ1v) is 13.9. The minimum Gasteiger partial charge on any atom is -0.481 e. The van der Waals surface area contributed by atoms with Crippen LogP contribution in [0.4, 0.5) is 0 Å². The van der Waals surface area contributed by atoms with Crippen LogP contribution in [0.2, 0.25) is 0 Å². The number of hydrogen-bond acceptors (Lipinski definition) is 4. The van der Waals surface area contributed by atoms with Crippen molar-refractivity contribution in [1.82, 2.24) is 19.9 Å². The summed E-state index contributed by atoms with van der Waals surface area (Å²) in [4.78, 5) is 40.0. The molecule has 0 atom stereocenters. The molecule has 0 saturated carbocycles. The molecule has 0 unspecified atom stereocenters. The zero-order valence-corrected chi connectivity index (χ0v) is 25.6. The maximum atomic E-state index is 11.5. The van der Waals surface area contributed by atoms with E-state index in [1.807, 2.05) is 58.0 Å². The number of aromatic amines is 2. The van der Waals surface area contributed by atoms with Crippen molar-refractivity contribution in [3.8, 4) is 0 Å². The molecule has 8 bridgehead atoms. The number of nitrogens with one attached hydrogen (secondary N) is 2. The summed E-state index contributed by atoms with van der Waals surface area (Å²) >= 11 is 0. The molecule has 5 rings (SSSR count). The molecule has 0 aromatic carbocycles. The summed E-state index contributed by atoms with van der Waals surface area (Å²) in [6.45, 7) is 16.1. The van der Waals surface area contributed by atoms with E-state index in [0.717, 1.165) is 78.0 Å². The molecular formula is C34H34N4NiO4. The third-order valence-electron chi connectivity index (χ3n) is 8.22. The smallest absolute Gasteiger partial charge is 0.303 e. The van der Waals surface area contributed by atoms with Crippen molar-refractivity contribution >= 4 is 68.4 Å². The SMILES string of the molecule is C=Cc1c(C)c2cc3[nH]c(cc4nc(cc5nc(cc1[nH]2)C(C)=C5CCC(=O)O)C(CCC(=O)O)=C4C)c(C)c3C=C.[Ni]. The standard InChI is InChI=1S/C34H34N4O4.Ni/c1-7-21-17(3)25-13-26-19(5)23(9-11-33(39)40)31(37-26)16-32-24(10-12-34(41)42)20(6)28(38-32)15-30-22(8-2)18(4)27(36-30)14-29(21)35-25;/h7-8,13-16,35-36H,1-2,9-12H2,3-6H3,(H,39,40)(H,41,42);. The van der Waals surface area contributed by atoms with Gasteiger partial charge < -0.3 is 20.2 Å².